The number of nitrogens with zero attached hydrogens (tertiary/aromatic N) is 1. The van der Waals surface area contributed by atoms with E-state index >= 15 is 0 Å². The maximum Gasteiger partial charge on any atom is 0.212 e. The molecule has 0 radical (unpaired) electrons. The summed E-state index contributed by atoms with van der Waals surface area (Å²) in [6.45, 7) is 0. The number of benzene rings is 3. The van der Waals surface area contributed by atoms with Gasteiger partial charge in [-0.3, -0.25) is 4.79 Å². The summed E-state index contributed by atoms with van der Waals surface area (Å²) in [5, 5.41) is 2.84. The first-order chi connectivity index (χ1) is 11.8. The third kappa shape index (κ3) is 2.31. The van der Waals surface area contributed by atoms with E-state index in [1.807, 2.05) is 72.8 Å². The number of fused-ring (bicyclic) bond motifs is 3. The average molecular weight is 313 g/mol. The molecule has 1 heterocycles. The lowest BCUT2D eigenvalue weighted by molar-refractivity contribution is 0.103. The van der Waals surface area contributed by atoms with Gasteiger partial charge < -0.3 is 4.74 Å². The van der Waals surface area contributed by atoms with E-state index in [4.69, 9.17) is 4.74 Å². The first-order valence-corrected chi connectivity index (χ1v) is 7.74. The lowest BCUT2D eigenvalue weighted by Gasteiger charge is -2.10. The quantitative estimate of drug-likeness (QED) is 0.409. The van der Waals surface area contributed by atoms with Gasteiger partial charge in [-0.25, -0.2) is 4.98 Å². The van der Waals surface area contributed by atoms with Crippen molar-refractivity contribution in [2.24, 2.45) is 0 Å². The van der Waals surface area contributed by atoms with Crippen LogP contribution in [-0.4, -0.2) is 17.9 Å². The number of hydrogen-bond donors (Lipinski definition) is 0. The van der Waals surface area contributed by atoms with E-state index in [2.05, 4.69) is 4.98 Å². The molecule has 0 saturated heterocycles. The third-order valence-electron chi connectivity index (χ3n) is 4.16. The van der Waals surface area contributed by atoms with Crippen molar-refractivity contribution in [3.63, 3.8) is 0 Å². The van der Waals surface area contributed by atoms with Crippen LogP contribution in [-0.2, 0) is 0 Å². The Labute approximate surface area is 139 Å². The van der Waals surface area contributed by atoms with Crippen molar-refractivity contribution in [1.29, 1.82) is 0 Å². The van der Waals surface area contributed by atoms with Crippen molar-refractivity contribution in [2.75, 3.05) is 7.11 Å². The molecule has 0 N–H and O–H groups in total. The fraction of sp³-hybridized carbons (Fsp3) is 0.0476. The Morgan fingerprint density at radius 1 is 0.833 bits per heavy atom. The van der Waals surface area contributed by atoms with E-state index in [0.29, 0.717) is 11.3 Å². The smallest absolute Gasteiger partial charge is 0.212 e. The molecule has 0 aliphatic rings. The summed E-state index contributed by atoms with van der Waals surface area (Å²) in [5.74, 6) is 0.709. The third-order valence-corrected chi connectivity index (χ3v) is 4.16. The second-order valence-corrected chi connectivity index (χ2v) is 5.58. The van der Waals surface area contributed by atoms with Gasteiger partial charge in [-0.15, -0.1) is 0 Å². The summed E-state index contributed by atoms with van der Waals surface area (Å²) in [7, 11) is 1.64. The molecule has 0 fully saturated rings. The maximum absolute atomic E-state index is 12.9. The lowest BCUT2D eigenvalue weighted by atomic mass is 9.99. The molecular weight excluding hydrogens is 298 g/mol. The zero-order valence-electron chi connectivity index (χ0n) is 13.2. The van der Waals surface area contributed by atoms with Gasteiger partial charge in [0, 0.05) is 16.3 Å². The number of rotatable bonds is 3. The monoisotopic (exact) mass is 313 g/mol. The number of ketones is 1. The zero-order valence-corrected chi connectivity index (χ0v) is 13.2. The van der Waals surface area contributed by atoms with Gasteiger partial charge in [-0.2, -0.15) is 0 Å². The predicted molar refractivity (Wildman–Crippen MR) is 95.7 cm³/mol. The first kappa shape index (κ1) is 14.4. The molecule has 0 atom stereocenters. The van der Waals surface area contributed by atoms with Gasteiger partial charge in [0.1, 0.15) is 11.4 Å². The van der Waals surface area contributed by atoms with E-state index in [1.54, 1.807) is 7.11 Å². The van der Waals surface area contributed by atoms with Crippen LogP contribution >= 0.6 is 0 Å². The molecule has 0 spiro atoms. The second kappa shape index (κ2) is 5.78. The van der Waals surface area contributed by atoms with Crippen LogP contribution < -0.4 is 4.74 Å². The van der Waals surface area contributed by atoms with E-state index in [1.165, 1.54) is 0 Å². The van der Waals surface area contributed by atoms with Crippen molar-refractivity contribution < 1.29 is 9.53 Å². The molecule has 24 heavy (non-hydrogen) atoms. The number of carbonyl (C=O) groups is 1. The van der Waals surface area contributed by atoms with Gasteiger partial charge in [0.15, 0.2) is 0 Å². The average Bonchev–Trinajstić information content (AvgIpc) is 2.67. The van der Waals surface area contributed by atoms with Crippen LogP contribution in [0, 0.1) is 0 Å². The van der Waals surface area contributed by atoms with Crippen molar-refractivity contribution in [3.05, 3.63) is 84.1 Å². The molecule has 0 saturated carbocycles. The van der Waals surface area contributed by atoms with Crippen LogP contribution in [0.1, 0.15) is 16.1 Å². The molecular formula is C21H15NO2. The number of carbonyl (C=O) groups excluding carboxylic acids is 1. The van der Waals surface area contributed by atoms with Crippen molar-refractivity contribution in [1.82, 2.24) is 4.98 Å². The van der Waals surface area contributed by atoms with Crippen LogP contribution in [0.5, 0.6) is 5.75 Å². The molecule has 3 heteroatoms. The molecule has 0 unspecified atom stereocenters. The standard InChI is InChI=1S/C21H15NO2/c1-24-15-11-12-19-18(13-15)16-9-5-6-10-17(16)20(22-19)21(23)14-7-3-2-4-8-14/h2-13H,1H3. The highest BCUT2D eigenvalue weighted by molar-refractivity contribution is 6.19. The second-order valence-electron chi connectivity index (χ2n) is 5.58. The largest absolute Gasteiger partial charge is 0.497 e. The Kier molecular flexibility index (Phi) is 3.47. The highest BCUT2D eigenvalue weighted by atomic mass is 16.5. The fourth-order valence-corrected chi connectivity index (χ4v) is 2.96. The SMILES string of the molecule is COc1ccc2nc(C(=O)c3ccccc3)c3ccccc3c2c1. The number of ether oxygens (including phenoxy) is 1. The summed E-state index contributed by atoms with van der Waals surface area (Å²) in [5.41, 5.74) is 1.91. The summed E-state index contributed by atoms with van der Waals surface area (Å²) < 4.78 is 5.32. The molecule has 3 aromatic carbocycles. The molecule has 0 bridgehead atoms. The number of aromatic nitrogens is 1. The van der Waals surface area contributed by atoms with E-state index in [-0.39, 0.29) is 5.78 Å². The van der Waals surface area contributed by atoms with Gasteiger partial charge in [-0.05, 0) is 23.6 Å². The minimum absolute atomic E-state index is 0.0653. The number of pyridine rings is 1. The normalized spacial score (nSPS) is 10.9. The molecule has 0 amide bonds. The highest BCUT2D eigenvalue weighted by Crippen LogP contribution is 2.30. The molecule has 4 aromatic rings. The Bertz CT molecular complexity index is 1060. The van der Waals surface area contributed by atoms with Crippen LogP contribution in [0.2, 0.25) is 0 Å². The van der Waals surface area contributed by atoms with Crippen molar-refractivity contribution in [3.8, 4) is 5.75 Å². The Morgan fingerprint density at radius 2 is 1.54 bits per heavy atom. The topological polar surface area (TPSA) is 39.2 Å². The predicted octanol–water partition coefficient (Wildman–Crippen LogP) is 4.63. The molecule has 0 aliphatic heterocycles. The summed E-state index contributed by atoms with van der Waals surface area (Å²) in [6.07, 6.45) is 0. The van der Waals surface area contributed by atoms with E-state index in [9.17, 15) is 4.79 Å². The Morgan fingerprint density at radius 3 is 2.29 bits per heavy atom. The maximum atomic E-state index is 12.9. The van der Waals surface area contributed by atoms with Crippen LogP contribution in [0.25, 0.3) is 21.7 Å². The summed E-state index contributed by atoms with van der Waals surface area (Å²) in [4.78, 5) is 17.6. The molecule has 0 aliphatic carbocycles. The van der Waals surface area contributed by atoms with Crippen LogP contribution in [0.3, 0.4) is 0 Å². The van der Waals surface area contributed by atoms with Crippen molar-refractivity contribution >= 4 is 27.5 Å². The van der Waals surface area contributed by atoms with Crippen molar-refractivity contribution in [2.45, 2.75) is 0 Å². The van der Waals surface area contributed by atoms with Gasteiger partial charge in [-0.1, -0.05) is 54.6 Å². The van der Waals surface area contributed by atoms with Gasteiger partial charge in [0.25, 0.3) is 0 Å². The minimum Gasteiger partial charge on any atom is -0.497 e. The van der Waals surface area contributed by atoms with Gasteiger partial charge in [0.05, 0.1) is 12.6 Å². The summed E-state index contributed by atoms with van der Waals surface area (Å²) in [6, 6.07) is 22.8. The molecule has 1 aromatic heterocycles. The van der Waals surface area contributed by atoms with Gasteiger partial charge in [0.2, 0.25) is 5.78 Å². The Hall–Kier alpha value is -3.20. The number of hydrogen-bond acceptors (Lipinski definition) is 3. The zero-order chi connectivity index (χ0) is 16.5. The van der Waals surface area contributed by atoms with Gasteiger partial charge >= 0.3 is 0 Å². The molecule has 4 rings (SSSR count). The minimum atomic E-state index is -0.0653. The van der Waals surface area contributed by atoms with E-state index in [0.717, 1.165) is 27.4 Å². The van der Waals surface area contributed by atoms with Crippen LogP contribution in [0.4, 0.5) is 0 Å². The molecule has 3 nitrogen and oxygen atoms in total. The van der Waals surface area contributed by atoms with E-state index < -0.39 is 0 Å². The molecule has 116 valence electrons. The van der Waals surface area contributed by atoms with Crippen LogP contribution in [0.15, 0.2) is 72.8 Å². The first-order valence-electron chi connectivity index (χ1n) is 7.74. The summed E-state index contributed by atoms with van der Waals surface area (Å²) >= 11 is 0. The lowest BCUT2D eigenvalue weighted by Crippen LogP contribution is -2.05. The highest BCUT2D eigenvalue weighted by Gasteiger charge is 2.16. The fourth-order valence-electron chi connectivity index (χ4n) is 2.96. The Balaban J connectivity index is 2.03. The number of methoxy groups -OCH3 is 1.